The molecule has 3 rings (SSSR count). The van der Waals surface area contributed by atoms with Gasteiger partial charge in [-0.3, -0.25) is 4.79 Å². The summed E-state index contributed by atoms with van der Waals surface area (Å²) >= 11 is 6.38. The van der Waals surface area contributed by atoms with E-state index in [1.54, 1.807) is 4.90 Å². The molecule has 1 heterocycles. The number of hydrogen-bond donors (Lipinski definition) is 0. The molecule has 0 saturated carbocycles. The summed E-state index contributed by atoms with van der Waals surface area (Å²) in [6, 6.07) is 13.4. The lowest BCUT2D eigenvalue weighted by molar-refractivity contribution is 0.0780. The number of para-hydroxylation sites is 1. The lowest BCUT2D eigenvalue weighted by atomic mass is 10.1. The van der Waals surface area contributed by atoms with Crippen LogP contribution in [0.2, 0.25) is 5.02 Å². The Bertz CT molecular complexity index is 916. The summed E-state index contributed by atoms with van der Waals surface area (Å²) in [6.07, 6.45) is 0.971. The summed E-state index contributed by atoms with van der Waals surface area (Å²) in [7, 11) is 1.81. The van der Waals surface area contributed by atoms with Crippen LogP contribution in [0.1, 0.15) is 35.1 Å². The van der Waals surface area contributed by atoms with Gasteiger partial charge in [0.2, 0.25) is 0 Å². The van der Waals surface area contributed by atoms with Crippen molar-refractivity contribution < 1.29 is 4.79 Å². The molecule has 0 aliphatic rings. The molecule has 25 heavy (non-hydrogen) atoms. The van der Waals surface area contributed by atoms with Crippen molar-refractivity contribution in [1.82, 2.24) is 14.5 Å². The van der Waals surface area contributed by atoms with Gasteiger partial charge in [0.25, 0.3) is 5.91 Å². The zero-order chi connectivity index (χ0) is 18.0. The summed E-state index contributed by atoms with van der Waals surface area (Å²) in [5.74, 6) is 0.846. The smallest absolute Gasteiger partial charge is 0.254 e. The number of nitrogens with zero attached hydrogens (tertiary/aromatic N) is 3. The van der Waals surface area contributed by atoms with E-state index in [-0.39, 0.29) is 5.91 Å². The van der Waals surface area contributed by atoms with Crippen LogP contribution >= 0.6 is 11.6 Å². The number of amides is 1. The molecular formula is C20H22ClN3O. The Kier molecular flexibility index (Phi) is 5.09. The first kappa shape index (κ1) is 17.5. The van der Waals surface area contributed by atoms with Crippen molar-refractivity contribution in [3.8, 4) is 0 Å². The fourth-order valence-corrected chi connectivity index (χ4v) is 3.33. The quantitative estimate of drug-likeness (QED) is 0.666. The number of carbonyl (C=O) groups is 1. The van der Waals surface area contributed by atoms with E-state index in [1.165, 1.54) is 0 Å². The van der Waals surface area contributed by atoms with E-state index in [2.05, 4.69) is 11.5 Å². The van der Waals surface area contributed by atoms with Gasteiger partial charge in [0.15, 0.2) is 0 Å². The summed E-state index contributed by atoms with van der Waals surface area (Å²) in [5, 5.41) is 0.692. The molecular weight excluding hydrogens is 334 g/mol. The lowest BCUT2D eigenvalue weighted by Crippen LogP contribution is -2.27. The summed E-state index contributed by atoms with van der Waals surface area (Å²) in [4.78, 5) is 19.1. The standard InChI is InChI=1S/C20H22ClN3O/c1-4-11-24-18(22-17-10-6-9-16(21)19(17)24)13-23(3)20(25)15-8-5-7-14(2)12-15/h5-10,12H,4,11,13H2,1-3H3. The molecule has 5 heteroatoms. The van der Waals surface area contributed by atoms with Gasteiger partial charge in [-0.2, -0.15) is 0 Å². The predicted molar refractivity (Wildman–Crippen MR) is 102 cm³/mol. The highest BCUT2D eigenvalue weighted by atomic mass is 35.5. The molecule has 1 amide bonds. The second kappa shape index (κ2) is 7.28. The van der Waals surface area contributed by atoms with Crippen molar-refractivity contribution in [2.24, 2.45) is 0 Å². The van der Waals surface area contributed by atoms with Crippen LogP contribution in [-0.4, -0.2) is 27.4 Å². The first-order valence-electron chi connectivity index (χ1n) is 8.47. The Balaban J connectivity index is 1.93. The fourth-order valence-electron chi connectivity index (χ4n) is 3.06. The Labute approximate surface area is 153 Å². The van der Waals surface area contributed by atoms with E-state index in [0.717, 1.165) is 35.4 Å². The Morgan fingerprint density at radius 2 is 2.00 bits per heavy atom. The van der Waals surface area contributed by atoms with Crippen LogP contribution in [0.3, 0.4) is 0 Å². The molecule has 130 valence electrons. The van der Waals surface area contributed by atoms with Gasteiger partial charge in [0.1, 0.15) is 5.82 Å². The number of carbonyl (C=O) groups excluding carboxylic acids is 1. The monoisotopic (exact) mass is 355 g/mol. The molecule has 0 N–H and O–H groups in total. The molecule has 0 unspecified atom stereocenters. The first-order chi connectivity index (χ1) is 12.0. The highest BCUT2D eigenvalue weighted by Crippen LogP contribution is 2.25. The van der Waals surface area contributed by atoms with E-state index in [1.807, 2.05) is 56.4 Å². The number of halogens is 1. The van der Waals surface area contributed by atoms with Gasteiger partial charge in [-0.1, -0.05) is 42.3 Å². The van der Waals surface area contributed by atoms with Gasteiger partial charge < -0.3 is 9.47 Å². The van der Waals surface area contributed by atoms with Crippen LogP contribution in [0.4, 0.5) is 0 Å². The predicted octanol–water partition coefficient (Wildman–Crippen LogP) is 4.68. The molecule has 3 aromatic rings. The topological polar surface area (TPSA) is 38.1 Å². The minimum Gasteiger partial charge on any atom is -0.334 e. The van der Waals surface area contributed by atoms with Crippen molar-refractivity contribution in [1.29, 1.82) is 0 Å². The molecule has 0 atom stereocenters. The molecule has 0 aliphatic carbocycles. The average molecular weight is 356 g/mol. The SMILES string of the molecule is CCCn1c(CN(C)C(=O)c2cccc(C)c2)nc2cccc(Cl)c21. The number of benzene rings is 2. The van der Waals surface area contributed by atoms with E-state index < -0.39 is 0 Å². The zero-order valence-electron chi connectivity index (χ0n) is 14.8. The average Bonchev–Trinajstić information content (AvgIpc) is 2.93. The van der Waals surface area contributed by atoms with E-state index in [0.29, 0.717) is 17.1 Å². The van der Waals surface area contributed by atoms with Crippen molar-refractivity contribution in [3.05, 3.63) is 64.4 Å². The summed E-state index contributed by atoms with van der Waals surface area (Å²) in [6.45, 7) is 5.37. The third-order valence-corrected chi connectivity index (χ3v) is 4.54. The largest absolute Gasteiger partial charge is 0.334 e. The maximum atomic E-state index is 12.7. The van der Waals surface area contributed by atoms with E-state index in [4.69, 9.17) is 16.6 Å². The maximum Gasteiger partial charge on any atom is 0.254 e. The van der Waals surface area contributed by atoms with Gasteiger partial charge in [-0.25, -0.2) is 4.98 Å². The van der Waals surface area contributed by atoms with Crippen LogP contribution in [0.15, 0.2) is 42.5 Å². The highest BCUT2D eigenvalue weighted by molar-refractivity contribution is 6.35. The molecule has 1 aromatic heterocycles. The number of rotatable bonds is 5. The number of aromatic nitrogens is 2. The van der Waals surface area contributed by atoms with Gasteiger partial charge in [-0.05, 0) is 37.6 Å². The molecule has 0 fully saturated rings. The maximum absolute atomic E-state index is 12.7. The third kappa shape index (κ3) is 3.54. The third-order valence-electron chi connectivity index (χ3n) is 4.23. The number of aryl methyl sites for hydroxylation is 2. The van der Waals surface area contributed by atoms with E-state index >= 15 is 0 Å². The van der Waals surface area contributed by atoms with Gasteiger partial charge in [0, 0.05) is 19.2 Å². The second-order valence-electron chi connectivity index (χ2n) is 6.32. The normalized spacial score (nSPS) is 11.0. The van der Waals surface area contributed by atoms with Gasteiger partial charge in [0.05, 0.1) is 22.6 Å². The van der Waals surface area contributed by atoms with Crippen LogP contribution in [0.5, 0.6) is 0 Å². The summed E-state index contributed by atoms with van der Waals surface area (Å²) in [5.41, 5.74) is 3.58. The molecule has 4 nitrogen and oxygen atoms in total. The number of hydrogen-bond acceptors (Lipinski definition) is 2. The second-order valence-corrected chi connectivity index (χ2v) is 6.73. The van der Waals surface area contributed by atoms with Crippen molar-refractivity contribution >= 4 is 28.5 Å². The van der Waals surface area contributed by atoms with Crippen LogP contribution in [-0.2, 0) is 13.1 Å². The summed E-state index contributed by atoms with van der Waals surface area (Å²) < 4.78 is 2.12. The van der Waals surface area contributed by atoms with Crippen molar-refractivity contribution in [3.63, 3.8) is 0 Å². The van der Waals surface area contributed by atoms with Crippen molar-refractivity contribution in [2.45, 2.75) is 33.4 Å². The molecule has 0 aliphatic heterocycles. The molecule has 2 aromatic carbocycles. The minimum absolute atomic E-state index is 0.00935. The first-order valence-corrected chi connectivity index (χ1v) is 8.84. The molecule has 0 spiro atoms. The Morgan fingerprint density at radius 1 is 1.24 bits per heavy atom. The van der Waals surface area contributed by atoms with Crippen LogP contribution in [0.25, 0.3) is 11.0 Å². The van der Waals surface area contributed by atoms with E-state index in [9.17, 15) is 4.79 Å². The number of imidazole rings is 1. The lowest BCUT2D eigenvalue weighted by Gasteiger charge is -2.18. The zero-order valence-corrected chi connectivity index (χ0v) is 15.5. The van der Waals surface area contributed by atoms with Crippen LogP contribution in [0, 0.1) is 6.92 Å². The Morgan fingerprint density at radius 3 is 2.72 bits per heavy atom. The van der Waals surface area contributed by atoms with Crippen molar-refractivity contribution in [2.75, 3.05) is 7.05 Å². The molecule has 0 radical (unpaired) electrons. The molecule has 0 bridgehead atoms. The Hall–Kier alpha value is -2.33. The van der Waals surface area contributed by atoms with Crippen LogP contribution < -0.4 is 0 Å². The van der Waals surface area contributed by atoms with Gasteiger partial charge >= 0.3 is 0 Å². The highest BCUT2D eigenvalue weighted by Gasteiger charge is 2.18. The fraction of sp³-hybridized carbons (Fsp3) is 0.300. The van der Waals surface area contributed by atoms with Gasteiger partial charge in [-0.15, -0.1) is 0 Å². The minimum atomic E-state index is -0.00935. The molecule has 0 saturated heterocycles. The number of fused-ring (bicyclic) bond motifs is 1.